The fourth-order valence-electron chi connectivity index (χ4n) is 2.76. The van der Waals surface area contributed by atoms with E-state index in [0.717, 1.165) is 17.6 Å². The van der Waals surface area contributed by atoms with E-state index in [0.29, 0.717) is 29.8 Å². The molecule has 1 aromatic rings. The number of benzene rings is 1. The third kappa shape index (κ3) is 2.11. The van der Waals surface area contributed by atoms with Crippen LogP contribution in [0.3, 0.4) is 0 Å². The van der Waals surface area contributed by atoms with Crippen molar-refractivity contribution in [1.82, 2.24) is 9.62 Å². The molecule has 3 rings (SSSR count). The van der Waals surface area contributed by atoms with E-state index in [-0.39, 0.29) is 0 Å². The summed E-state index contributed by atoms with van der Waals surface area (Å²) in [5.41, 5.74) is 0. The van der Waals surface area contributed by atoms with Gasteiger partial charge in [0.1, 0.15) is 0 Å². The average Bonchev–Trinajstić information content (AvgIpc) is 2.89. The van der Waals surface area contributed by atoms with Gasteiger partial charge < -0.3 is 5.32 Å². The van der Waals surface area contributed by atoms with Crippen molar-refractivity contribution >= 4 is 26.0 Å². The SMILES string of the molecule is O=S(=O)(c1ccc(Br)cc1)N1C[C@H]2CNC[C@H]2C1. The minimum atomic E-state index is -3.31. The lowest BCUT2D eigenvalue weighted by Crippen LogP contribution is -2.31. The molecule has 2 aliphatic rings. The summed E-state index contributed by atoms with van der Waals surface area (Å²) in [6.45, 7) is 3.18. The van der Waals surface area contributed by atoms with Gasteiger partial charge in [-0.05, 0) is 49.2 Å². The number of nitrogens with zero attached hydrogens (tertiary/aromatic N) is 1. The van der Waals surface area contributed by atoms with Crippen molar-refractivity contribution in [2.75, 3.05) is 26.2 Å². The van der Waals surface area contributed by atoms with E-state index in [1.807, 2.05) is 0 Å². The zero-order valence-corrected chi connectivity index (χ0v) is 12.2. The van der Waals surface area contributed by atoms with E-state index in [4.69, 9.17) is 0 Å². The second-order valence-electron chi connectivity index (χ2n) is 4.95. The van der Waals surface area contributed by atoms with Crippen molar-refractivity contribution in [3.8, 4) is 0 Å². The second kappa shape index (κ2) is 4.59. The topological polar surface area (TPSA) is 49.4 Å². The third-order valence-corrected chi connectivity index (χ3v) is 6.18. The molecule has 1 aromatic carbocycles. The Morgan fingerprint density at radius 3 is 2.22 bits per heavy atom. The Balaban J connectivity index is 1.85. The van der Waals surface area contributed by atoms with Gasteiger partial charge in [0, 0.05) is 17.6 Å². The lowest BCUT2D eigenvalue weighted by Gasteiger charge is -2.17. The molecule has 0 spiro atoms. The van der Waals surface area contributed by atoms with E-state index in [1.54, 1.807) is 28.6 Å². The highest BCUT2D eigenvalue weighted by Gasteiger charge is 2.41. The van der Waals surface area contributed by atoms with Crippen LogP contribution in [0, 0.1) is 11.8 Å². The van der Waals surface area contributed by atoms with Gasteiger partial charge >= 0.3 is 0 Å². The van der Waals surface area contributed by atoms with Gasteiger partial charge in [-0.25, -0.2) is 8.42 Å². The summed E-state index contributed by atoms with van der Waals surface area (Å²) in [4.78, 5) is 0.388. The van der Waals surface area contributed by atoms with Crippen LogP contribution in [-0.4, -0.2) is 38.9 Å². The van der Waals surface area contributed by atoms with Crippen molar-refractivity contribution < 1.29 is 8.42 Å². The van der Waals surface area contributed by atoms with Gasteiger partial charge in [-0.3, -0.25) is 0 Å². The van der Waals surface area contributed by atoms with Crippen LogP contribution in [0.25, 0.3) is 0 Å². The van der Waals surface area contributed by atoms with E-state index in [1.165, 1.54) is 0 Å². The van der Waals surface area contributed by atoms with E-state index < -0.39 is 10.0 Å². The summed E-state index contributed by atoms with van der Waals surface area (Å²) in [6.07, 6.45) is 0. The number of fused-ring (bicyclic) bond motifs is 1. The first-order valence-electron chi connectivity index (χ1n) is 6.04. The molecule has 0 unspecified atom stereocenters. The molecule has 0 amide bonds. The molecule has 2 fully saturated rings. The number of sulfonamides is 1. The molecular formula is C12H15BrN2O2S. The maximum Gasteiger partial charge on any atom is 0.243 e. The number of halogens is 1. The summed E-state index contributed by atoms with van der Waals surface area (Å²) in [7, 11) is -3.31. The average molecular weight is 331 g/mol. The Bertz CT molecular complexity index is 532. The molecule has 0 aromatic heterocycles. The molecule has 6 heteroatoms. The zero-order chi connectivity index (χ0) is 12.8. The molecule has 2 heterocycles. The normalized spacial score (nSPS) is 28.5. The zero-order valence-electron chi connectivity index (χ0n) is 9.84. The molecule has 18 heavy (non-hydrogen) atoms. The van der Waals surface area contributed by atoms with Gasteiger partial charge in [-0.1, -0.05) is 15.9 Å². The highest BCUT2D eigenvalue weighted by molar-refractivity contribution is 9.10. The van der Waals surface area contributed by atoms with Gasteiger partial charge in [-0.15, -0.1) is 0 Å². The van der Waals surface area contributed by atoms with Gasteiger partial charge in [-0.2, -0.15) is 4.31 Å². The van der Waals surface area contributed by atoms with Crippen LogP contribution < -0.4 is 5.32 Å². The summed E-state index contributed by atoms with van der Waals surface area (Å²) in [5.74, 6) is 0.963. The Hall–Kier alpha value is -0.430. The van der Waals surface area contributed by atoms with Gasteiger partial charge in [0.15, 0.2) is 0 Å². The summed E-state index contributed by atoms with van der Waals surface area (Å²) >= 11 is 3.32. The lowest BCUT2D eigenvalue weighted by atomic mass is 10.0. The molecule has 4 nitrogen and oxygen atoms in total. The first-order chi connectivity index (χ1) is 8.57. The van der Waals surface area contributed by atoms with Crippen LogP contribution in [0.5, 0.6) is 0 Å². The van der Waals surface area contributed by atoms with Crippen molar-refractivity contribution in [2.24, 2.45) is 11.8 Å². The first kappa shape index (κ1) is 12.6. The molecule has 2 aliphatic heterocycles. The molecule has 0 radical (unpaired) electrons. The summed E-state index contributed by atoms with van der Waals surface area (Å²) in [6, 6.07) is 6.86. The van der Waals surface area contributed by atoms with Crippen LogP contribution >= 0.6 is 15.9 Å². The van der Waals surface area contributed by atoms with Crippen LogP contribution in [0.2, 0.25) is 0 Å². The Morgan fingerprint density at radius 1 is 1.11 bits per heavy atom. The summed E-state index contributed by atoms with van der Waals surface area (Å²) in [5, 5.41) is 3.32. The van der Waals surface area contributed by atoms with Crippen LogP contribution in [0.4, 0.5) is 0 Å². The summed E-state index contributed by atoms with van der Waals surface area (Å²) < 4.78 is 27.5. The quantitative estimate of drug-likeness (QED) is 0.888. The fraction of sp³-hybridized carbons (Fsp3) is 0.500. The molecule has 0 saturated carbocycles. The number of hydrogen-bond donors (Lipinski definition) is 1. The standard InChI is InChI=1S/C12H15BrN2O2S/c13-11-1-3-12(4-2-11)18(16,17)15-7-9-5-14-6-10(9)8-15/h1-4,9-10,14H,5-8H2/t9-,10+. The second-order valence-corrected chi connectivity index (χ2v) is 7.81. The van der Waals surface area contributed by atoms with Crippen LogP contribution in [0.1, 0.15) is 0 Å². The molecular weight excluding hydrogens is 316 g/mol. The van der Waals surface area contributed by atoms with Gasteiger partial charge in [0.2, 0.25) is 10.0 Å². The lowest BCUT2D eigenvalue weighted by molar-refractivity contribution is 0.448. The maximum atomic E-state index is 12.5. The predicted molar refractivity (Wildman–Crippen MR) is 72.8 cm³/mol. The number of nitrogens with one attached hydrogen (secondary N) is 1. The van der Waals surface area contributed by atoms with Crippen molar-refractivity contribution in [3.05, 3.63) is 28.7 Å². The predicted octanol–water partition coefficient (Wildman–Crippen LogP) is 1.29. The highest BCUT2D eigenvalue weighted by atomic mass is 79.9. The molecule has 2 atom stereocenters. The van der Waals surface area contributed by atoms with Gasteiger partial charge in [0.05, 0.1) is 4.90 Å². The largest absolute Gasteiger partial charge is 0.316 e. The first-order valence-corrected chi connectivity index (χ1v) is 8.27. The molecule has 1 N–H and O–H groups in total. The van der Waals surface area contributed by atoms with E-state index in [9.17, 15) is 8.42 Å². The Morgan fingerprint density at radius 2 is 1.67 bits per heavy atom. The van der Waals surface area contributed by atoms with Crippen molar-refractivity contribution in [1.29, 1.82) is 0 Å². The fourth-order valence-corrected chi connectivity index (χ4v) is 4.58. The molecule has 0 aliphatic carbocycles. The molecule has 0 bridgehead atoms. The van der Waals surface area contributed by atoms with E-state index >= 15 is 0 Å². The maximum absolute atomic E-state index is 12.5. The third-order valence-electron chi connectivity index (χ3n) is 3.81. The number of rotatable bonds is 2. The van der Waals surface area contributed by atoms with E-state index in [2.05, 4.69) is 21.2 Å². The minimum absolute atomic E-state index is 0.388. The van der Waals surface area contributed by atoms with Crippen molar-refractivity contribution in [2.45, 2.75) is 4.90 Å². The minimum Gasteiger partial charge on any atom is -0.316 e. The highest BCUT2D eigenvalue weighted by Crippen LogP contribution is 2.30. The van der Waals surface area contributed by atoms with Crippen molar-refractivity contribution in [3.63, 3.8) is 0 Å². The Kier molecular flexibility index (Phi) is 3.21. The smallest absolute Gasteiger partial charge is 0.243 e. The monoisotopic (exact) mass is 330 g/mol. The number of hydrogen-bond acceptors (Lipinski definition) is 3. The van der Waals surface area contributed by atoms with Gasteiger partial charge in [0.25, 0.3) is 0 Å². The Labute approximate surface area is 116 Å². The molecule has 98 valence electrons. The van der Waals surface area contributed by atoms with Crippen LogP contribution in [-0.2, 0) is 10.0 Å². The van der Waals surface area contributed by atoms with Crippen LogP contribution in [0.15, 0.2) is 33.6 Å². The molecule has 2 saturated heterocycles.